The van der Waals surface area contributed by atoms with E-state index in [4.69, 9.17) is 4.74 Å². The first-order valence-electron chi connectivity index (χ1n) is 6.41. The predicted octanol–water partition coefficient (Wildman–Crippen LogP) is 0.418. The molecule has 0 atom stereocenters. The fourth-order valence-corrected chi connectivity index (χ4v) is 2.70. The number of rotatable bonds is 8. The summed E-state index contributed by atoms with van der Waals surface area (Å²) in [5, 5.41) is 9.28. The zero-order valence-electron chi connectivity index (χ0n) is 12.1. The van der Waals surface area contributed by atoms with Crippen molar-refractivity contribution in [3.63, 3.8) is 0 Å². The summed E-state index contributed by atoms with van der Waals surface area (Å²) in [6.07, 6.45) is 0. The van der Waals surface area contributed by atoms with E-state index < -0.39 is 10.0 Å². The van der Waals surface area contributed by atoms with E-state index in [0.29, 0.717) is 31.0 Å². The van der Waals surface area contributed by atoms with Crippen LogP contribution in [-0.2, 0) is 16.6 Å². The van der Waals surface area contributed by atoms with Crippen molar-refractivity contribution in [2.75, 3.05) is 33.8 Å². The molecule has 0 radical (unpaired) electrons. The molecule has 0 amide bonds. The smallest absolute Gasteiger partial charge is 0.240 e. The highest BCUT2D eigenvalue weighted by Gasteiger charge is 2.16. The highest BCUT2D eigenvalue weighted by atomic mass is 32.2. The summed E-state index contributed by atoms with van der Waals surface area (Å²) < 4.78 is 32.0. The Hall–Kier alpha value is -1.15. The number of likely N-dealkylation sites (N-methyl/N-ethyl adjacent to an activating group) is 1. The van der Waals surface area contributed by atoms with Crippen LogP contribution in [0.1, 0.15) is 12.5 Å². The van der Waals surface area contributed by atoms with E-state index in [-0.39, 0.29) is 11.5 Å². The fourth-order valence-electron chi connectivity index (χ4n) is 1.63. The molecule has 0 heterocycles. The second kappa shape index (κ2) is 7.58. The Bertz CT molecular complexity index is 529. The van der Waals surface area contributed by atoms with Gasteiger partial charge in [0.2, 0.25) is 10.0 Å². The average molecular weight is 302 g/mol. The highest BCUT2D eigenvalue weighted by molar-refractivity contribution is 7.89. The Balaban J connectivity index is 2.89. The molecule has 7 heteroatoms. The lowest BCUT2D eigenvalue weighted by Crippen LogP contribution is -2.31. The maximum atomic E-state index is 12.1. The first kappa shape index (κ1) is 16.9. The summed E-state index contributed by atoms with van der Waals surface area (Å²) >= 11 is 0. The van der Waals surface area contributed by atoms with Gasteiger partial charge in [0.15, 0.2) is 0 Å². The molecule has 0 saturated carbocycles. The Morgan fingerprint density at radius 1 is 1.35 bits per heavy atom. The van der Waals surface area contributed by atoms with Crippen molar-refractivity contribution in [2.45, 2.75) is 18.4 Å². The van der Waals surface area contributed by atoms with E-state index in [1.54, 1.807) is 6.07 Å². The zero-order chi connectivity index (χ0) is 15.2. The van der Waals surface area contributed by atoms with Crippen LogP contribution in [0.3, 0.4) is 0 Å². The second-order valence-corrected chi connectivity index (χ2v) is 6.33. The third-order valence-corrected chi connectivity index (χ3v) is 4.12. The van der Waals surface area contributed by atoms with Crippen molar-refractivity contribution < 1.29 is 18.3 Å². The maximum Gasteiger partial charge on any atom is 0.240 e. The summed E-state index contributed by atoms with van der Waals surface area (Å²) in [6.45, 7) is 2.96. The molecular weight excluding hydrogens is 280 g/mol. The standard InChI is InChI=1S/C13H22N2O4S/c1-4-19-13-6-5-12(9-11(13)10-16)20(17,18)14-7-8-15(2)3/h5-6,9,14,16H,4,7-8,10H2,1-3H3. The third kappa shape index (κ3) is 4.75. The van der Waals surface area contributed by atoms with Crippen molar-refractivity contribution >= 4 is 10.0 Å². The van der Waals surface area contributed by atoms with Gasteiger partial charge in [0.1, 0.15) is 5.75 Å². The summed E-state index contributed by atoms with van der Waals surface area (Å²) in [6, 6.07) is 4.47. The summed E-state index contributed by atoms with van der Waals surface area (Å²) in [4.78, 5) is 2.02. The predicted molar refractivity (Wildman–Crippen MR) is 77.3 cm³/mol. The van der Waals surface area contributed by atoms with Gasteiger partial charge in [-0.15, -0.1) is 0 Å². The molecule has 2 N–H and O–H groups in total. The molecule has 1 aromatic rings. The normalized spacial score (nSPS) is 11.8. The van der Waals surface area contributed by atoms with Crippen molar-refractivity contribution in [3.8, 4) is 5.75 Å². The number of hydrogen-bond acceptors (Lipinski definition) is 5. The van der Waals surface area contributed by atoms with Crippen LogP contribution in [0.2, 0.25) is 0 Å². The van der Waals surface area contributed by atoms with Crippen LogP contribution in [0.15, 0.2) is 23.1 Å². The van der Waals surface area contributed by atoms with E-state index >= 15 is 0 Å². The third-order valence-electron chi connectivity index (χ3n) is 2.66. The first-order chi connectivity index (χ1) is 9.40. The molecule has 0 aromatic heterocycles. The van der Waals surface area contributed by atoms with Crippen LogP contribution in [0.25, 0.3) is 0 Å². The van der Waals surface area contributed by atoms with Crippen LogP contribution in [0.4, 0.5) is 0 Å². The van der Waals surface area contributed by atoms with Crippen LogP contribution in [0.5, 0.6) is 5.75 Å². The molecule has 20 heavy (non-hydrogen) atoms. The number of benzene rings is 1. The lowest BCUT2D eigenvalue weighted by atomic mass is 10.2. The van der Waals surface area contributed by atoms with Crippen LogP contribution >= 0.6 is 0 Å². The Morgan fingerprint density at radius 2 is 2.05 bits per heavy atom. The largest absolute Gasteiger partial charge is 0.494 e. The van der Waals surface area contributed by atoms with Gasteiger partial charge in [-0.05, 0) is 39.2 Å². The van der Waals surface area contributed by atoms with Gasteiger partial charge in [0.25, 0.3) is 0 Å². The van der Waals surface area contributed by atoms with Gasteiger partial charge in [-0.3, -0.25) is 0 Å². The molecule has 1 rings (SSSR count). The summed E-state index contributed by atoms with van der Waals surface area (Å²) in [5.74, 6) is 0.502. The monoisotopic (exact) mass is 302 g/mol. The molecule has 6 nitrogen and oxygen atoms in total. The van der Waals surface area contributed by atoms with E-state index in [0.717, 1.165) is 0 Å². The molecule has 0 aliphatic rings. The van der Waals surface area contributed by atoms with Gasteiger partial charge in [-0.1, -0.05) is 0 Å². The van der Waals surface area contributed by atoms with Gasteiger partial charge in [-0.25, -0.2) is 13.1 Å². The number of nitrogens with zero attached hydrogens (tertiary/aromatic N) is 1. The minimum absolute atomic E-state index is 0.128. The number of hydrogen-bond donors (Lipinski definition) is 2. The highest BCUT2D eigenvalue weighted by Crippen LogP contribution is 2.22. The Labute approximate surface area is 120 Å². The molecule has 0 saturated heterocycles. The van der Waals surface area contributed by atoms with E-state index in [1.807, 2.05) is 25.9 Å². The second-order valence-electron chi connectivity index (χ2n) is 4.56. The zero-order valence-corrected chi connectivity index (χ0v) is 12.9. The molecule has 0 spiro atoms. The summed E-state index contributed by atoms with van der Waals surface area (Å²) in [7, 11) is 0.177. The van der Waals surface area contributed by atoms with E-state index in [9.17, 15) is 13.5 Å². The number of nitrogens with one attached hydrogen (secondary N) is 1. The van der Waals surface area contributed by atoms with Gasteiger partial charge in [0, 0.05) is 18.7 Å². The van der Waals surface area contributed by atoms with Crippen molar-refractivity contribution in [1.82, 2.24) is 9.62 Å². The molecule has 0 bridgehead atoms. The lowest BCUT2D eigenvalue weighted by Gasteiger charge is -2.13. The SMILES string of the molecule is CCOc1ccc(S(=O)(=O)NCCN(C)C)cc1CO. The molecule has 0 aliphatic heterocycles. The minimum atomic E-state index is -3.56. The molecule has 1 aromatic carbocycles. The van der Waals surface area contributed by atoms with Gasteiger partial charge in [-0.2, -0.15) is 0 Å². The first-order valence-corrected chi connectivity index (χ1v) is 7.90. The molecule has 0 aliphatic carbocycles. The van der Waals surface area contributed by atoms with Crippen molar-refractivity contribution in [3.05, 3.63) is 23.8 Å². The van der Waals surface area contributed by atoms with Gasteiger partial charge in [0.05, 0.1) is 18.1 Å². The lowest BCUT2D eigenvalue weighted by molar-refractivity contribution is 0.266. The van der Waals surface area contributed by atoms with Crippen LogP contribution in [0, 0.1) is 0 Å². The minimum Gasteiger partial charge on any atom is -0.494 e. The van der Waals surface area contributed by atoms with E-state index in [1.165, 1.54) is 12.1 Å². The van der Waals surface area contributed by atoms with Crippen molar-refractivity contribution in [2.24, 2.45) is 0 Å². The Morgan fingerprint density at radius 3 is 2.60 bits per heavy atom. The maximum absolute atomic E-state index is 12.1. The molecule has 0 fully saturated rings. The quantitative estimate of drug-likeness (QED) is 0.727. The molecule has 0 unspecified atom stereocenters. The van der Waals surface area contributed by atoms with Crippen molar-refractivity contribution in [1.29, 1.82) is 0 Å². The summed E-state index contributed by atoms with van der Waals surface area (Å²) in [5.41, 5.74) is 0.460. The average Bonchev–Trinajstić information content (AvgIpc) is 2.38. The van der Waals surface area contributed by atoms with Crippen LogP contribution < -0.4 is 9.46 Å². The van der Waals surface area contributed by atoms with Crippen LogP contribution in [-0.4, -0.2) is 52.2 Å². The topological polar surface area (TPSA) is 78.9 Å². The molecular formula is C13H22N2O4S. The van der Waals surface area contributed by atoms with E-state index in [2.05, 4.69) is 4.72 Å². The Kier molecular flexibility index (Phi) is 6.41. The molecule has 114 valence electrons. The fraction of sp³-hybridized carbons (Fsp3) is 0.538. The number of sulfonamides is 1. The number of aliphatic hydroxyl groups excluding tert-OH is 1. The number of aliphatic hydroxyl groups is 1. The van der Waals surface area contributed by atoms with Gasteiger partial charge < -0.3 is 14.7 Å². The number of ether oxygens (including phenoxy) is 1. The van der Waals surface area contributed by atoms with Gasteiger partial charge >= 0.3 is 0 Å².